The largest absolute Gasteiger partial charge is 0.365 e. The molecule has 0 aromatic carbocycles. The van der Waals surface area contributed by atoms with Crippen molar-refractivity contribution in [3.05, 3.63) is 0 Å². The quantitative estimate of drug-likeness (QED) is 0.795. The summed E-state index contributed by atoms with van der Waals surface area (Å²) in [5.74, 6) is 0.174. The van der Waals surface area contributed by atoms with Crippen molar-refractivity contribution in [1.29, 1.82) is 0 Å². The molecule has 0 aromatic rings. The van der Waals surface area contributed by atoms with Gasteiger partial charge in [-0.1, -0.05) is 25.7 Å². The molecule has 1 aliphatic heterocycles. The third-order valence-electron chi connectivity index (χ3n) is 4.20. The fraction of sp³-hybridized carbons (Fsp3) is 0.933. The average molecular weight is 268 g/mol. The van der Waals surface area contributed by atoms with E-state index in [9.17, 15) is 4.79 Å². The zero-order chi connectivity index (χ0) is 13.5. The van der Waals surface area contributed by atoms with E-state index in [1.54, 1.807) is 0 Å². The smallest absolute Gasteiger partial charge is 0.251 e. The summed E-state index contributed by atoms with van der Waals surface area (Å²) in [6.45, 7) is 5.52. The van der Waals surface area contributed by atoms with Crippen molar-refractivity contribution in [2.75, 3.05) is 26.2 Å². The molecule has 1 saturated heterocycles. The molecule has 4 heteroatoms. The zero-order valence-electron chi connectivity index (χ0n) is 12.2. The van der Waals surface area contributed by atoms with Gasteiger partial charge in [-0.25, -0.2) is 0 Å². The Morgan fingerprint density at radius 3 is 2.58 bits per heavy atom. The van der Waals surface area contributed by atoms with Gasteiger partial charge in [-0.2, -0.15) is 0 Å². The molecule has 2 fully saturated rings. The topological polar surface area (TPSA) is 41.6 Å². The number of nitrogens with one attached hydrogen (secondary N) is 1. The third-order valence-corrected chi connectivity index (χ3v) is 4.20. The number of hydrogen-bond donors (Lipinski definition) is 1. The van der Waals surface area contributed by atoms with E-state index in [0.29, 0.717) is 6.10 Å². The minimum Gasteiger partial charge on any atom is -0.365 e. The standard InChI is InChI=1S/C15H28N2O2/c1-13(19-14-7-4-2-3-5-8-14)15(18)17-11-6-9-16-10-12-17/h13-14,16H,2-12H2,1H3. The van der Waals surface area contributed by atoms with Gasteiger partial charge in [0.15, 0.2) is 0 Å². The number of nitrogens with zero attached hydrogens (tertiary/aromatic N) is 1. The Hall–Kier alpha value is -0.610. The van der Waals surface area contributed by atoms with Crippen molar-refractivity contribution in [3.63, 3.8) is 0 Å². The SMILES string of the molecule is CC(OC1CCCCCC1)C(=O)N1CCCNCC1. The summed E-state index contributed by atoms with van der Waals surface area (Å²) in [5, 5.41) is 3.33. The summed E-state index contributed by atoms with van der Waals surface area (Å²) in [6.07, 6.45) is 8.45. The van der Waals surface area contributed by atoms with Crippen molar-refractivity contribution in [3.8, 4) is 0 Å². The number of hydrogen-bond acceptors (Lipinski definition) is 3. The van der Waals surface area contributed by atoms with Gasteiger partial charge in [0.05, 0.1) is 6.10 Å². The second kappa shape index (κ2) is 7.85. The molecular weight excluding hydrogens is 240 g/mol. The number of amides is 1. The van der Waals surface area contributed by atoms with E-state index in [4.69, 9.17) is 4.74 Å². The first-order valence-electron chi connectivity index (χ1n) is 7.92. The molecular formula is C15H28N2O2. The lowest BCUT2D eigenvalue weighted by atomic mass is 10.1. The first-order chi connectivity index (χ1) is 9.27. The maximum absolute atomic E-state index is 12.4. The second-order valence-corrected chi connectivity index (χ2v) is 5.82. The van der Waals surface area contributed by atoms with Crippen molar-refractivity contribution < 1.29 is 9.53 Å². The Bertz CT molecular complexity index is 267. The molecule has 1 amide bonds. The highest BCUT2D eigenvalue weighted by molar-refractivity contribution is 5.80. The van der Waals surface area contributed by atoms with Crippen LogP contribution in [0.3, 0.4) is 0 Å². The molecule has 110 valence electrons. The van der Waals surface area contributed by atoms with Crippen LogP contribution in [0.15, 0.2) is 0 Å². The monoisotopic (exact) mass is 268 g/mol. The molecule has 1 N–H and O–H groups in total. The summed E-state index contributed by atoms with van der Waals surface area (Å²) in [6, 6.07) is 0. The number of carbonyl (C=O) groups is 1. The maximum atomic E-state index is 12.4. The highest BCUT2D eigenvalue weighted by atomic mass is 16.5. The van der Waals surface area contributed by atoms with Crippen molar-refractivity contribution in [2.45, 2.75) is 64.1 Å². The van der Waals surface area contributed by atoms with Crippen molar-refractivity contribution in [1.82, 2.24) is 10.2 Å². The van der Waals surface area contributed by atoms with Gasteiger partial charge < -0.3 is 15.0 Å². The van der Waals surface area contributed by atoms with E-state index in [0.717, 1.165) is 45.4 Å². The van der Waals surface area contributed by atoms with Crippen LogP contribution in [0.1, 0.15) is 51.9 Å². The Morgan fingerprint density at radius 2 is 1.84 bits per heavy atom. The van der Waals surface area contributed by atoms with Gasteiger partial charge in [0.2, 0.25) is 0 Å². The first-order valence-corrected chi connectivity index (χ1v) is 7.92. The van der Waals surface area contributed by atoms with Crippen LogP contribution >= 0.6 is 0 Å². The lowest BCUT2D eigenvalue weighted by Crippen LogP contribution is -2.42. The minimum atomic E-state index is -0.277. The number of rotatable bonds is 3. The van der Waals surface area contributed by atoms with Gasteiger partial charge >= 0.3 is 0 Å². The summed E-state index contributed by atoms with van der Waals surface area (Å²) in [7, 11) is 0. The van der Waals surface area contributed by atoms with Gasteiger partial charge in [0, 0.05) is 19.6 Å². The van der Waals surface area contributed by atoms with E-state index in [2.05, 4.69) is 5.32 Å². The molecule has 0 spiro atoms. The van der Waals surface area contributed by atoms with Crippen LogP contribution in [0.4, 0.5) is 0 Å². The first kappa shape index (κ1) is 14.8. The van der Waals surface area contributed by atoms with Crippen LogP contribution in [-0.4, -0.2) is 49.2 Å². The molecule has 0 bridgehead atoms. The number of carbonyl (C=O) groups excluding carboxylic acids is 1. The highest BCUT2D eigenvalue weighted by Crippen LogP contribution is 2.21. The van der Waals surface area contributed by atoms with Crippen LogP contribution < -0.4 is 5.32 Å². The minimum absolute atomic E-state index is 0.174. The summed E-state index contributed by atoms with van der Waals surface area (Å²) in [4.78, 5) is 14.3. The van der Waals surface area contributed by atoms with Gasteiger partial charge in [-0.15, -0.1) is 0 Å². The fourth-order valence-electron chi connectivity index (χ4n) is 3.05. The second-order valence-electron chi connectivity index (χ2n) is 5.82. The van der Waals surface area contributed by atoms with Crippen molar-refractivity contribution >= 4 is 5.91 Å². The predicted molar refractivity (Wildman–Crippen MR) is 76.1 cm³/mol. The molecule has 1 atom stereocenters. The summed E-state index contributed by atoms with van der Waals surface area (Å²) in [5.41, 5.74) is 0. The number of ether oxygens (including phenoxy) is 1. The Morgan fingerprint density at radius 1 is 1.11 bits per heavy atom. The van der Waals surface area contributed by atoms with E-state index >= 15 is 0 Å². The van der Waals surface area contributed by atoms with E-state index in [1.807, 2.05) is 11.8 Å². The molecule has 4 nitrogen and oxygen atoms in total. The summed E-state index contributed by atoms with van der Waals surface area (Å²) < 4.78 is 6.02. The normalized spacial score (nSPS) is 24.6. The van der Waals surface area contributed by atoms with Crippen LogP contribution in [0.25, 0.3) is 0 Å². The van der Waals surface area contributed by atoms with Crippen LogP contribution in [0.5, 0.6) is 0 Å². The Labute approximate surface area is 116 Å². The molecule has 1 aliphatic carbocycles. The molecule has 2 rings (SSSR count). The van der Waals surface area contributed by atoms with E-state index in [-0.39, 0.29) is 12.0 Å². The zero-order valence-corrected chi connectivity index (χ0v) is 12.2. The molecule has 1 saturated carbocycles. The lowest BCUT2D eigenvalue weighted by molar-refractivity contribution is -0.146. The van der Waals surface area contributed by atoms with Gasteiger partial charge in [-0.05, 0) is 32.7 Å². The molecule has 2 aliphatic rings. The van der Waals surface area contributed by atoms with Crippen LogP contribution in [0, 0.1) is 0 Å². The molecule has 19 heavy (non-hydrogen) atoms. The van der Waals surface area contributed by atoms with E-state index in [1.165, 1.54) is 25.7 Å². The predicted octanol–water partition coefficient (Wildman–Crippen LogP) is 1.94. The van der Waals surface area contributed by atoms with E-state index < -0.39 is 0 Å². The van der Waals surface area contributed by atoms with Crippen LogP contribution in [-0.2, 0) is 9.53 Å². The van der Waals surface area contributed by atoms with Crippen molar-refractivity contribution in [2.24, 2.45) is 0 Å². The Balaban J connectivity index is 1.80. The molecule has 1 unspecified atom stereocenters. The molecule has 0 radical (unpaired) electrons. The lowest BCUT2D eigenvalue weighted by Gasteiger charge is -2.26. The average Bonchev–Trinajstić information content (AvgIpc) is 2.82. The molecule has 1 heterocycles. The van der Waals surface area contributed by atoms with Crippen LogP contribution in [0.2, 0.25) is 0 Å². The third kappa shape index (κ3) is 4.77. The van der Waals surface area contributed by atoms with Gasteiger partial charge in [-0.3, -0.25) is 4.79 Å². The fourth-order valence-corrected chi connectivity index (χ4v) is 3.05. The molecule has 0 aromatic heterocycles. The maximum Gasteiger partial charge on any atom is 0.251 e. The summed E-state index contributed by atoms with van der Waals surface area (Å²) >= 11 is 0. The van der Waals surface area contributed by atoms with Gasteiger partial charge in [0.25, 0.3) is 5.91 Å². The van der Waals surface area contributed by atoms with Gasteiger partial charge in [0.1, 0.15) is 6.10 Å². The Kier molecular flexibility index (Phi) is 6.11. The highest BCUT2D eigenvalue weighted by Gasteiger charge is 2.25.